The van der Waals surface area contributed by atoms with Crippen LogP contribution in [0.25, 0.3) is 0 Å². The first-order chi connectivity index (χ1) is 4.40. The number of fused-ring (bicyclic) bond motifs is 2. The second-order valence-corrected chi connectivity index (χ2v) is 3.34. The van der Waals surface area contributed by atoms with Crippen molar-refractivity contribution in [3.63, 3.8) is 0 Å². The van der Waals surface area contributed by atoms with Crippen molar-refractivity contribution >= 4 is 8.60 Å². The van der Waals surface area contributed by atoms with Gasteiger partial charge in [-0.2, -0.15) is 0 Å². The average molecular weight is 148 g/mol. The van der Waals surface area contributed by atoms with Gasteiger partial charge in [0.1, 0.15) is 6.10 Å². The highest BCUT2D eigenvalue weighted by Crippen LogP contribution is 2.55. The number of hydrogen-bond donors (Lipinski definition) is 0. The van der Waals surface area contributed by atoms with E-state index in [1.165, 1.54) is 0 Å². The van der Waals surface area contributed by atoms with Gasteiger partial charge in [-0.3, -0.25) is 0 Å². The van der Waals surface area contributed by atoms with Crippen molar-refractivity contribution in [2.24, 2.45) is 0 Å². The van der Waals surface area contributed by atoms with Crippen molar-refractivity contribution in [3.05, 3.63) is 0 Å². The van der Waals surface area contributed by atoms with Crippen molar-refractivity contribution in [2.75, 3.05) is 6.61 Å². The molecule has 2 rings (SSSR count). The molecule has 0 amide bonds. The van der Waals surface area contributed by atoms with E-state index in [0.29, 0.717) is 6.10 Å². The second kappa shape index (κ2) is 2.17. The molecule has 1 unspecified atom stereocenters. The summed E-state index contributed by atoms with van der Waals surface area (Å²) >= 11 is 0. The lowest BCUT2D eigenvalue weighted by molar-refractivity contribution is 0.0987. The molecule has 9 heavy (non-hydrogen) atoms. The molecule has 2 fully saturated rings. The predicted octanol–water partition coefficient (Wildman–Crippen LogP) is 1.44. The lowest BCUT2D eigenvalue weighted by Crippen LogP contribution is -2.25. The lowest BCUT2D eigenvalue weighted by atomic mass is 10.2. The SMILES string of the molecule is CC[C@H]1OP2OC[C@H]1O2. The molecule has 0 aromatic heterocycles. The molecule has 2 saturated heterocycles. The molecular weight excluding hydrogens is 139 g/mol. The fourth-order valence-corrected chi connectivity index (χ4v) is 2.42. The van der Waals surface area contributed by atoms with Gasteiger partial charge < -0.3 is 13.6 Å². The fourth-order valence-electron chi connectivity index (χ4n) is 1.05. The van der Waals surface area contributed by atoms with Crippen molar-refractivity contribution in [3.8, 4) is 0 Å². The first-order valence-electron chi connectivity index (χ1n) is 3.16. The zero-order valence-corrected chi connectivity index (χ0v) is 6.14. The van der Waals surface area contributed by atoms with E-state index in [1.54, 1.807) is 0 Å². The molecule has 0 aromatic rings. The normalized spacial score (nSPS) is 48.3. The molecule has 2 aliphatic rings. The summed E-state index contributed by atoms with van der Waals surface area (Å²) in [5.41, 5.74) is 0. The summed E-state index contributed by atoms with van der Waals surface area (Å²) in [7, 11) is -0.914. The van der Waals surface area contributed by atoms with E-state index in [4.69, 9.17) is 13.6 Å². The molecule has 0 N–H and O–H groups in total. The van der Waals surface area contributed by atoms with Gasteiger partial charge in [-0.05, 0) is 6.42 Å². The van der Waals surface area contributed by atoms with Gasteiger partial charge in [-0.15, -0.1) is 0 Å². The molecule has 0 aliphatic carbocycles. The first kappa shape index (κ1) is 6.05. The predicted molar refractivity (Wildman–Crippen MR) is 32.9 cm³/mol. The highest BCUT2D eigenvalue weighted by molar-refractivity contribution is 7.42. The van der Waals surface area contributed by atoms with Gasteiger partial charge in [-0.1, -0.05) is 6.92 Å². The maximum Gasteiger partial charge on any atom is 0.333 e. The van der Waals surface area contributed by atoms with Gasteiger partial charge >= 0.3 is 8.60 Å². The van der Waals surface area contributed by atoms with Crippen molar-refractivity contribution in [1.29, 1.82) is 0 Å². The molecule has 52 valence electrons. The van der Waals surface area contributed by atoms with Crippen LogP contribution in [0, 0.1) is 0 Å². The third kappa shape index (κ3) is 0.887. The van der Waals surface area contributed by atoms with Crippen LogP contribution in [0.1, 0.15) is 13.3 Å². The molecule has 0 saturated carbocycles. The van der Waals surface area contributed by atoms with E-state index < -0.39 is 8.60 Å². The van der Waals surface area contributed by atoms with Crippen LogP contribution in [0.3, 0.4) is 0 Å². The second-order valence-electron chi connectivity index (χ2n) is 2.22. The molecule has 4 heteroatoms. The standard InChI is InChI=1S/C5H9O3P/c1-2-4-5-3-6-9(7-4)8-5/h4-5H,2-3H2,1H3/t4-,5-,9?/m1/s1. The van der Waals surface area contributed by atoms with Gasteiger partial charge in [0.05, 0.1) is 12.7 Å². The quantitative estimate of drug-likeness (QED) is 0.526. The Kier molecular flexibility index (Phi) is 1.46. The van der Waals surface area contributed by atoms with Crippen LogP contribution in [0.5, 0.6) is 0 Å². The largest absolute Gasteiger partial charge is 0.333 e. The molecule has 2 bridgehead atoms. The van der Waals surface area contributed by atoms with E-state index in [2.05, 4.69) is 6.92 Å². The zero-order valence-electron chi connectivity index (χ0n) is 5.24. The van der Waals surface area contributed by atoms with Crippen LogP contribution in [-0.2, 0) is 13.6 Å². The minimum absolute atomic E-state index is 0.237. The summed E-state index contributed by atoms with van der Waals surface area (Å²) in [5.74, 6) is 0. The highest BCUT2D eigenvalue weighted by atomic mass is 31.2. The third-order valence-corrected chi connectivity index (χ3v) is 2.85. The highest BCUT2D eigenvalue weighted by Gasteiger charge is 2.43. The summed E-state index contributed by atoms with van der Waals surface area (Å²) in [6.07, 6.45) is 1.58. The maximum atomic E-state index is 5.33. The minimum atomic E-state index is -0.914. The Bertz CT molecular complexity index is 119. The Morgan fingerprint density at radius 2 is 2.44 bits per heavy atom. The Balaban J connectivity index is 2.01. The van der Waals surface area contributed by atoms with Crippen LogP contribution in [-0.4, -0.2) is 18.8 Å². The molecule has 2 heterocycles. The monoisotopic (exact) mass is 148 g/mol. The van der Waals surface area contributed by atoms with E-state index in [9.17, 15) is 0 Å². The van der Waals surface area contributed by atoms with Crippen LogP contribution in [0.2, 0.25) is 0 Å². The third-order valence-electron chi connectivity index (χ3n) is 1.60. The molecule has 3 atom stereocenters. The lowest BCUT2D eigenvalue weighted by Gasteiger charge is -2.14. The smallest absolute Gasteiger partial charge is 0.309 e. The van der Waals surface area contributed by atoms with Gasteiger partial charge in [-0.25, -0.2) is 0 Å². The van der Waals surface area contributed by atoms with Gasteiger partial charge in [0, 0.05) is 0 Å². The fraction of sp³-hybridized carbons (Fsp3) is 1.00. The Labute approximate surface area is 55.3 Å². The summed E-state index contributed by atoms with van der Waals surface area (Å²) in [4.78, 5) is 0. The molecule has 3 nitrogen and oxygen atoms in total. The first-order valence-corrected chi connectivity index (χ1v) is 4.26. The molecular formula is C5H9O3P. The van der Waals surface area contributed by atoms with Crippen molar-refractivity contribution < 1.29 is 13.6 Å². The Hall–Kier alpha value is 0.310. The van der Waals surface area contributed by atoms with Gasteiger partial charge in [0.25, 0.3) is 0 Å². The minimum Gasteiger partial charge on any atom is -0.309 e. The summed E-state index contributed by atoms with van der Waals surface area (Å²) in [6, 6.07) is 0. The topological polar surface area (TPSA) is 27.7 Å². The molecule has 0 spiro atoms. The molecule has 2 aliphatic heterocycles. The summed E-state index contributed by atoms with van der Waals surface area (Å²) in [6.45, 7) is 2.84. The van der Waals surface area contributed by atoms with E-state index in [0.717, 1.165) is 13.0 Å². The zero-order chi connectivity index (χ0) is 6.27. The summed E-state index contributed by atoms with van der Waals surface area (Å²) < 4.78 is 15.7. The summed E-state index contributed by atoms with van der Waals surface area (Å²) in [5, 5.41) is 0. The van der Waals surface area contributed by atoms with E-state index in [-0.39, 0.29) is 6.10 Å². The van der Waals surface area contributed by atoms with Crippen molar-refractivity contribution in [2.45, 2.75) is 25.6 Å². The van der Waals surface area contributed by atoms with Crippen LogP contribution < -0.4 is 0 Å². The van der Waals surface area contributed by atoms with E-state index in [1.807, 2.05) is 0 Å². The Morgan fingerprint density at radius 1 is 1.56 bits per heavy atom. The molecule has 0 radical (unpaired) electrons. The van der Waals surface area contributed by atoms with Gasteiger partial charge in [0.2, 0.25) is 0 Å². The van der Waals surface area contributed by atoms with Crippen LogP contribution in [0.4, 0.5) is 0 Å². The van der Waals surface area contributed by atoms with Crippen LogP contribution >= 0.6 is 8.60 Å². The average Bonchev–Trinajstić information content (AvgIpc) is 2.45. The van der Waals surface area contributed by atoms with Gasteiger partial charge in [0.15, 0.2) is 0 Å². The van der Waals surface area contributed by atoms with E-state index >= 15 is 0 Å². The number of rotatable bonds is 1. The number of hydrogen-bond acceptors (Lipinski definition) is 3. The van der Waals surface area contributed by atoms with Crippen LogP contribution in [0.15, 0.2) is 0 Å². The van der Waals surface area contributed by atoms with Crippen molar-refractivity contribution in [1.82, 2.24) is 0 Å². The molecule has 0 aromatic carbocycles. The maximum absolute atomic E-state index is 5.33. The Morgan fingerprint density at radius 3 is 2.78 bits per heavy atom.